The van der Waals surface area contributed by atoms with Crippen LogP contribution in [0.2, 0.25) is 0 Å². The van der Waals surface area contributed by atoms with Gasteiger partial charge in [-0.15, -0.1) is 11.6 Å². The van der Waals surface area contributed by atoms with E-state index in [1.165, 1.54) is 0 Å². The van der Waals surface area contributed by atoms with Gasteiger partial charge in [-0.25, -0.2) is 0 Å². The Kier molecular flexibility index (Phi) is 9.13. The van der Waals surface area contributed by atoms with Crippen LogP contribution in [0.3, 0.4) is 0 Å². The summed E-state index contributed by atoms with van der Waals surface area (Å²) in [6.45, 7) is 5.77. The van der Waals surface area contributed by atoms with E-state index in [1.54, 1.807) is 6.92 Å². The van der Waals surface area contributed by atoms with Gasteiger partial charge in [-0.2, -0.15) is 0 Å². The van der Waals surface area contributed by atoms with Gasteiger partial charge in [0.1, 0.15) is 5.78 Å². The van der Waals surface area contributed by atoms with Crippen molar-refractivity contribution in [2.75, 3.05) is 5.88 Å². The van der Waals surface area contributed by atoms with Crippen LogP contribution in [0.25, 0.3) is 0 Å². The van der Waals surface area contributed by atoms with Gasteiger partial charge >= 0.3 is 0 Å². The van der Waals surface area contributed by atoms with Gasteiger partial charge in [0.05, 0.1) is 0 Å². The molecule has 0 N–H and O–H groups in total. The molecule has 0 heterocycles. The molecule has 12 heavy (non-hydrogen) atoms. The summed E-state index contributed by atoms with van der Waals surface area (Å²) in [4.78, 5) is 11.3. The molecule has 0 aromatic rings. The van der Waals surface area contributed by atoms with E-state index in [0.29, 0.717) is 5.88 Å². The zero-order valence-corrected chi connectivity index (χ0v) is 11.7. The normalized spacial score (nSPS) is 10.7. The molecule has 1 nitrogen and oxygen atoms in total. The van der Waals surface area contributed by atoms with Crippen LogP contribution in [-0.4, -0.2) is 35.6 Å². The zero-order chi connectivity index (χ0) is 8.91. The Morgan fingerprint density at radius 2 is 1.75 bits per heavy atom. The smallest absolute Gasteiger partial charge is 0.135 e. The maximum Gasteiger partial charge on any atom is 0.135 e. The van der Waals surface area contributed by atoms with Gasteiger partial charge in [0.25, 0.3) is 0 Å². The van der Waals surface area contributed by atoms with Gasteiger partial charge in [-0.1, -0.05) is 13.8 Å². The zero-order valence-electron chi connectivity index (χ0n) is 8.11. The third kappa shape index (κ3) is 3.65. The van der Waals surface area contributed by atoms with Crippen molar-refractivity contribution < 1.29 is 4.79 Å². The molecule has 0 unspecified atom stereocenters. The first kappa shape index (κ1) is 15.2. The molecule has 0 rings (SSSR count). The van der Waals surface area contributed by atoms with Gasteiger partial charge in [0.15, 0.2) is 0 Å². The number of carbonyl (C=O) groups excluding carboxylic acids is 1. The second kappa shape index (κ2) is 7.19. The quantitative estimate of drug-likeness (QED) is 0.563. The fourth-order valence-electron chi connectivity index (χ4n) is 1.46. The number of hydrogen-bond donors (Lipinski definition) is 0. The third-order valence-corrected chi connectivity index (χ3v) is 2.86. The molecule has 0 bridgehead atoms. The molecule has 0 fully saturated rings. The summed E-state index contributed by atoms with van der Waals surface area (Å²) < 4.78 is 0. The Hall–Kier alpha value is 0.759. The summed E-state index contributed by atoms with van der Waals surface area (Å²) in [6.07, 6.45) is 2.63. The van der Waals surface area contributed by atoms with Gasteiger partial charge in [-0.05, 0) is 26.2 Å². The number of alkyl halides is 1. The third-order valence-electron chi connectivity index (χ3n) is 2.67. The maximum absolute atomic E-state index is 11.3. The fourth-order valence-corrected chi connectivity index (χ4v) is 1.82. The van der Waals surface area contributed by atoms with Gasteiger partial charge < -0.3 is 0 Å². The van der Waals surface area contributed by atoms with Crippen LogP contribution >= 0.6 is 11.6 Å². The number of hydrogen-bond acceptors (Lipinski definition) is 1. The molecule has 0 saturated heterocycles. The van der Waals surface area contributed by atoms with E-state index in [-0.39, 0.29) is 35.1 Å². The second-order valence-electron chi connectivity index (χ2n) is 2.98. The van der Waals surface area contributed by atoms with Crippen LogP contribution in [-0.2, 0) is 4.79 Å². The van der Waals surface area contributed by atoms with Crippen molar-refractivity contribution in [3.05, 3.63) is 0 Å². The largest absolute Gasteiger partial charge is 0.299 e. The summed E-state index contributed by atoms with van der Waals surface area (Å²) in [5.41, 5.74) is -0.137. The van der Waals surface area contributed by atoms with Crippen molar-refractivity contribution in [2.24, 2.45) is 5.41 Å². The van der Waals surface area contributed by atoms with Gasteiger partial charge in [0.2, 0.25) is 0 Å². The van der Waals surface area contributed by atoms with Crippen LogP contribution in [0.1, 0.15) is 40.0 Å². The van der Waals surface area contributed by atoms with Crippen LogP contribution in [0.5, 0.6) is 0 Å². The van der Waals surface area contributed by atoms with Crippen LogP contribution in [0.4, 0.5) is 0 Å². The molecule has 0 atom stereocenters. The molecule has 0 aromatic carbocycles. The Morgan fingerprint density at radius 3 is 1.83 bits per heavy atom. The summed E-state index contributed by atoms with van der Waals surface area (Å²) in [6, 6.07) is 0. The molecule has 0 aromatic heterocycles. The topological polar surface area (TPSA) is 17.1 Å². The SMILES string of the molecule is CCC(CC)(CCCl)C(C)=O.[Sn]. The maximum atomic E-state index is 11.3. The summed E-state index contributed by atoms with van der Waals surface area (Å²) >= 11 is 5.64. The van der Waals surface area contributed by atoms with Crippen molar-refractivity contribution in [1.29, 1.82) is 0 Å². The van der Waals surface area contributed by atoms with Crippen molar-refractivity contribution in [3.8, 4) is 0 Å². The van der Waals surface area contributed by atoms with Crippen LogP contribution < -0.4 is 0 Å². The predicted molar refractivity (Wildman–Crippen MR) is 54.8 cm³/mol. The number of carbonyl (C=O) groups is 1. The first-order valence-electron chi connectivity index (χ1n) is 4.20. The number of halogens is 1. The van der Waals surface area contributed by atoms with E-state index >= 15 is 0 Å². The minimum atomic E-state index is -0.137. The second-order valence-corrected chi connectivity index (χ2v) is 3.36. The van der Waals surface area contributed by atoms with E-state index < -0.39 is 0 Å². The standard InChI is InChI=1S/C9H17ClO.Sn/c1-4-9(5-2,6-7-10)8(3)11;/h4-7H2,1-3H3;. The Bertz CT molecular complexity index is 132. The fraction of sp³-hybridized carbons (Fsp3) is 0.889. The average molecular weight is 295 g/mol. The van der Waals surface area contributed by atoms with E-state index in [2.05, 4.69) is 13.8 Å². The van der Waals surface area contributed by atoms with Crippen molar-refractivity contribution in [3.63, 3.8) is 0 Å². The first-order valence-corrected chi connectivity index (χ1v) is 4.73. The van der Waals surface area contributed by atoms with Crippen molar-refractivity contribution >= 4 is 41.3 Å². The molecule has 0 spiro atoms. The molecule has 4 radical (unpaired) electrons. The minimum absolute atomic E-state index is 0. The van der Waals surface area contributed by atoms with Crippen molar-refractivity contribution in [1.82, 2.24) is 0 Å². The van der Waals surface area contributed by atoms with Crippen LogP contribution in [0.15, 0.2) is 0 Å². The Balaban J connectivity index is 0. The molecule has 0 amide bonds. The monoisotopic (exact) mass is 296 g/mol. The Labute approximate surface area is 97.2 Å². The van der Waals surface area contributed by atoms with Crippen LogP contribution in [0, 0.1) is 5.41 Å². The van der Waals surface area contributed by atoms with E-state index in [0.717, 1.165) is 19.3 Å². The average Bonchev–Trinajstić information content (AvgIpc) is 2.00. The number of ketones is 1. The first-order chi connectivity index (χ1) is 5.13. The van der Waals surface area contributed by atoms with Gasteiger partial charge in [-0.3, -0.25) is 4.79 Å². The molecular weight excluding hydrogens is 278 g/mol. The number of rotatable bonds is 5. The predicted octanol–water partition coefficient (Wildman–Crippen LogP) is 2.63. The van der Waals surface area contributed by atoms with Crippen molar-refractivity contribution in [2.45, 2.75) is 40.0 Å². The summed E-state index contributed by atoms with van der Waals surface area (Å²) in [5, 5.41) is 0. The minimum Gasteiger partial charge on any atom is -0.299 e. The summed E-state index contributed by atoms with van der Waals surface area (Å²) in [5.74, 6) is 0.865. The molecule has 0 aliphatic rings. The molecule has 0 saturated carbocycles. The van der Waals surface area contributed by atoms with Gasteiger partial charge in [0, 0.05) is 35.2 Å². The summed E-state index contributed by atoms with van der Waals surface area (Å²) in [7, 11) is 0. The molecule has 0 aliphatic heterocycles. The van der Waals surface area contributed by atoms with E-state index in [4.69, 9.17) is 11.6 Å². The molecule has 70 valence electrons. The Morgan fingerprint density at radius 1 is 1.33 bits per heavy atom. The van der Waals surface area contributed by atoms with E-state index in [9.17, 15) is 4.79 Å². The molecule has 3 heteroatoms. The molecular formula is C9H17ClOSn. The molecule has 0 aliphatic carbocycles. The number of Topliss-reactive ketones (excluding diaryl/α,β-unsaturated/α-hetero) is 1. The van der Waals surface area contributed by atoms with E-state index in [1.807, 2.05) is 0 Å².